The average molecular weight is 351 g/mol. The lowest BCUT2D eigenvalue weighted by atomic mass is 9.71. The van der Waals surface area contributed by atoms with Gasteiger partial charge in [0.2, 0.25) is 0 Å². The molecule has 0 fully saturated rings. The first kappa shape index (κ1) is 17.5. The highest BCUT2D eigenvalue weighted by molar-refractivity contribution is 5.88. The van der Waals surface area contributed by atoms with Gasteiger partial charge in [0.25, 0.3) is 0 Å². The molecule has 0 saturated carbocycles. The minimum absolute atomic E-state index is 0.121. The highest BCUT2D eigenvalue weighted by Gasteiger charge is 2.39. The first-order valence-electron chi connectivity index (χ1n) is 9.68. The van der Waals surface area contributed by atoms with Crippen LogP contribution in [0, 0.1) is 0 Å². The van der Waals surface area contributed by atoms with Crippen molar-refractivity contribution in [1.82, 2.24) is 0 Å². The van der Waals surface area contributed by atoms with Crippen molar-refractivity contribution < 1.29 is 0 Å². The van der Waals surface area contributed by atoms with Gasteiger partial charge in [-0.1, -0.05) is 102 Å². The van der Waals surface area contributed by atoms with Gasteiger partial charge in [0.1, 0.15) is 0 Å². The molecule has 0 heterocycles. The summed E-state index contributed by atoms with van der Waals surface area (Å²) in [7, 11) is 0. The van der Waals surface area contributed by atoms with Gasteiger partial charge in [-0.3, -0.25) is 0 Å². The lowest BCUT2D eigenvalue weighted by Crippen LogP contribution is -2.24. The maximum atomic E-state index is 2.51. The van der Waals surface area contributed by atoms with E-state index in [-0.39, 0.29) is 5.41 Å². The fourth-order valence-corrected chi connectivity index (χ4v) is 4.18. The monoisotopic (exact) mass is 350 g/mol. The van der Waals surface area contributed by atoms with E-state index in [4.69, 9.17) is 0 Å². The summed E-state index contributed by atoms with van der Waals surface area (Å²) in [6, 6.07) is 30.7. The standard InChI is InChI=1S/C27H26/c1-20(2)21(3)18-27(23-14-8-5-9-15-23)19-25(22-12-6-4-7-13-22)24-16-10-11-17-26(24)27/h4-17,19H,18H2,1-3H3. The van der Waals surface area contributed by atoms with Crippen molar-refractivity contribution in [3.63, 3.8) is 0 Å². The lowest BCUT2D eigenvalue weighted by Gasteiger charge is -2.31. The van der Waals surface area contributed by atoms with Crippen LogP contribution in [0.15, 0.2) is 102 Å². The molecule has 1 aliphatic carbocycles. The lowest BCUT2D eigenvalue weighted by molar-refractivity contribution is 0.640. The van der Waals surface area contributed by atoms with Crippen LogP contribution in [0.2, 0.25) is 0 Å². The molecule has 1 unspecified atom stereocenters. The van der Waals surface area contributed by atoms with Crippen LogP contribution in [0.25, 0.3) is 5.57 Å². The van der Waals surface area contributed by atoms with Crippen molar-refractivity contribution in [2.75, 3.05) is 0 Å². The SMILES string of the molecule is CC(C)=C(C)CC1(c2ccccc2)C=C(c2ccccc2)c2ccccc21. The molecule has 0 heteroatoms. The molecule has 27 heavy (non-hydrogen) atoms. The number of hydrogen-bond donors (Lipinski definition) is 0. The van der Waals surface area contributed by atoms with Gasteiger partial charge in [-0.2, -0.15) is 0 Å². The first-order chi connectivity index (χ1) is 13.1. The molecule has 3 aromatic carbocycles. The van der Waals surface area contributed by atoms with Gasteiger partial charge in [0.15, 0.2) is 0 Å². The highest BCUT2D eigenvalue weighted by Crippen LogP contribution is 2.50. The van der Waals surface area contributed by atoms with Gasteiger partial charge < -0.3 is 0 Å². The van der Waals surface area contributed by atoms with Crippen molar-refractivity contribution in [2.45, 2.75) is 32.6 Å². The van der Waals surface area contributed by atoms with Crippen molar-refractivity contribution in [1.29, 1.82) is 0 Å². The third kappa shape index (κ3) is 3.06. The van der Waals surface area contributed by atoms with Crippen molar-refractivity contribution in [2.24, 2.45) is 0 Å². The van der Waals surface area contributed by atoms with Crippen LogP contribution in [0.3, 0.4) is 0 Å². The number of fused-ring (bicyclic) bond motifs is 1. The molecule has 1 atom stereocenters. The molecule has 0 nitrogen and oxygen atoms in total. The third-order valence-electron chi connectivity index (χ3n) is 5.86. The Morgan fingerprint density at radius 2 is 1.30 bits per heavy atom. The summed E-state index contributed by atoms with van der Waals surface area (Å²) in [6.45, 7) is 6.71. The van der Waals surface area contributed by atoms with E-state index in [0.29, 0.717) is 0 Å². The van der Waals surface area contributed by atoms with E-state index in [0.717, 1.165) is 6.42 Å². The second kappa shape index (κ2) is 7.04. The Hall–Kier alpha value is -2.86. The molecule has 1 aliphatic rings. The summed E-state index contributed by atoms with van der Waals surface area (Å²) in [4.78, 5) is 0. The molecule has 0 radical (unpaired) electrons. The molecular weight excluding hydrogens is 324 g/mol. The van der Waals surface area contributed by atoms with E-state index >= 15 is 0 Å². The minimum atomic E-state index is -0.121. The Kier molecular flexibility index (Phi) is 4.58. The summed E-state index contributed by atoms with van der Waals surface area (Å²) in [6.07, 6.45) is 3.52. The Bertz CT molecular complexity index is 1000. The van der Waals surface area contributed by atoms with E-state index in [2.05, 4.69) is 112 Å². The number of rotatable bonds is 4. The second-order valence-electron chi connectivity index (χ2n) is 7.76. The second-order valence-corrected chi connectivity index (χ2v) is 7.76. The molecule has 0 spiro atoms. The first-order valence-corrected chi connectivity index (χ1v) is 9.68. The maximum absolute atomic E-state index is 2.51. The molecule has 4 rings (SSSR count). The van der Waals surface area contributed by atoms with Gasteiger partial charge in [-0.15, -0.1) is 0 Å². The molecule has 0 aliphatic heterocycles. The van der Waals surface area contributed by atoms with Crippen LogP contribution in [0.1, 0.15) is 49.4 Å². The summed E-state index contributed by atoms with van der Waals surface area (Å²) in [5.41, 5.74) is 9.51. The number of hydrogen-bond acceptors (Lipinski definition) is 0. The zero-order valence-corrected chi connectivity index (χ0v) is 16.4. The fourth-order valence-electron chi connectivity index (χ4n) is 4.18. The van der Waals surface area contributed by atoms with Crippen molar-refractivity contribution >= 4 is 5.57 Å². The Morgan fingerprint density at radius 1 is 0.704 bits per heavy atom. The molecule has 0 saturated heterocycles. The van der Waals surface area contributed by atoms with Gasteiger partial charge in [-0.05, 0) is 55.0 Å². The minimum Gasteiger partial charge on any atom is -0.0775 e. The van der Waals surface area contributed by atoms with Gasteiger partial charge >= 0.3 is 0 Å². The Labute approximate surface area is 162 Å². The van der Waals surface area contributed by atoms with Crippen LogP contribution in [0.4, 0.5) is 0 Å². The predicted molar refractivity (Wildman–Crippen MR) is 116 cm³/mol. The molecule has 0 bridgehead atoms. The van der Waals surface area contributed by atoms with E-state index in [1.165, 1.54) is 39.0 Å². The molecule has 0 amide bonds. The van der Waals surface area contributed by atoms with Crippen LogP contribution in [-0.4, -0.2) is 0 Å². The summed E-state index contributed by atoms with van der Waals surface area (Å²) >= 11 is 0. The topological polar surface area (TPSA) is 0 Å². The molecule has 0 aromatic heterocycles. The van der Waals surface area contributed by atoms with Crippen LogP contribution >= 0.6 is 0 Å². The van der Waals surface area contributed by atoms with E-state index in [1.54, 1.807) is 0 Å². The van der Waals surface area contributed by atoms with Gasteiger partial charge in [0, 0.05) is 5.41 Å². The van der Waals surface area contributed by atoms with Gasteiger partial charge in [0.05, 0.1) is 0 Å². The summed E-state index contributed by atoms with van der Waals surface area (Å²) in [5, 5.41) is 0. The largest absolute Gasteiger partial charge is 0.0775 e. The fraction of sp³-hybridized carbons (Fsp3) is 0.185. The average Bonchev–Trinajstić information content (AvgIpc) is 3.05. The summed E-state index contributed by atoms with van der Waals surface area (Å²) < 4.78 is 0. The summed E-state index contributed by atoms with van der Waals surface area (Å²) in [5.74, 6) is 0. The van der Waals surface area contributed by atoms with Crippen LogP contribution < -0.4 is 0 Å². The zero-order valence-electron chi connectivity index (χ0n) is 16.4. The third-order valence-corrected chi connectivity index (χ3v) is 5.86. The van der Waals surface area contributed by atoms with Crippen molar-refractivity contribution in [3.05, 3.63) is 124 Å². The zero-order chi connectivity index (χ0) is 18.9. The van der Waals surface area contributed by atoms with E-state index < -0.39 is 0 Å². The van der Waals surface area contributed by atoms with Crippen LogP contribution in [-0.2, 0) is 5.41 Å². The number of benzene rings is 3. The van der Waals surface area contributed by atoms with Crippen molar-refractivity contribution in [3.8, 4) is 0 Å². The van der Waals surface area contributed by atoms with E-state index in [1.807, 2.05) is 0 Å². The molecular formula is C27H26. The molecule has 0 N–H and O–H groups in total. The highest BCUT2D eigenvalue weighted by atomic mass is 14.4. The quantitative estimate of drug-likeness (QED) is 0.438. The predicted octanol–water partition coefficient (Wildman–Crippen LogP) is 7.16. The normalized spacial score (nSPS) is 18.0. The molecule has 3 aromatic rings. The van der Waals surface area contributed by atoms with E-state index in [9.17, 15) is 0 Å². The Balaban J connectivity index is 2.01. The van der Waals surface area contributed by atoms with Gasteiger partial charge in [-0.25, -0.2) is 0 Å². The Morgan fingerprint density at radius 3 is 1.96 bits per heavy atom. The smallest absolute Gasteiger partial charge is 0.0434 e. The number of allylic oxidation sites excluding steroid dienone is 3. The maximum Gasteiger partial charge on any atom is 0.0434 e. The van der Waals surface area contributed by atoms with Crippen LogP contribution in [0.5, 0.6) is 0 Å². The molecule has 134 valence electrons.